The van der Waals surface area contributed by atoms with Gasteiger partial charge >= 0.3 is 0 Å². The maximum Gasteiger partial charge on any atom is 0.274 e. The van der Waals surface area contributed by atoms with Gasteiger partial charge in [-0.15, -0.1) is 0 Å². The van der Waals surface area contributed by atoms with Crippen LogP contribution in [-0.4, -0.2) is 44.3 Å². The molecule has 28 heavy (non-hydrogen) atoms. The zero-order valence-electron chi connectivity index (χ0n) is 15.3. The molecule has 2 aromatic rings. The summed E-state index contributed by atoms with van der Waals surface area (Å²) >= 11 is 5.97. The summed E-state index contributed by atoms with van der Waals surface area (Å²) in [6.45, 7) is 1.00. The van der Waals surface area contributed by atoms with Gasteiger partial charge in [0.25, 0.3) is 5.69 Å². The van der Waals surface area contributed by atoms with Gasteiger partial charge in [0.1, 0.15) is 5.75 Å². The minimum Gasteiger partial charge on any atom is -0.495 e. The highest BCUT2D eigenvalue weighted by molar-refractivity contribution is 7.89. The van der Waals surface area contributed by atoms with E-state index in [4.69, 9.17) is 16.3 Å². The van der Waals surface area contributed by atoms with E-state index in [9.17, 15) is 23.3 Å². The van der Waals surface area contributed by atoms with Crippen molar-refractivity contribution in [3.8, 4) is 5.75 Å². The van der Waals surface area contributed by atoms with Gasteiger partial charge in [-0.2, -0.15) is 4.31 Å². The highest BCUT2D eigenvalue weighted by Gasteiger charge is 2.24. The molecule has 0 unspecified atom stereocenters. The number of halogens is 1. The van der Waals surface area contributed by atoms with E-state index in [2.05, 4.69) is 5.32 Å². The molecule has 0 radical (unpaired) electrons. The summed E-state index contributed by atoms with van der Waals surface area (Å²) in [6, 6.07) is 8.21. The van der Waals surface area contributed by atoms with Crippen LogP contribution in [0.25, 0.3) is 0 Å². The fraction of sp³-hybridized carbons (Fsp3) is 0.235. The van der Waals surface area contributed by atoms with Gasteiger partial charge in [0.2, 0.25) is 15.9 Å². The maximum absolute atomic E-state index is 12.6. The van der Waals surface area contributed by atoms with Gasteiger partial charge in [0, 0.05) is 13.1 Å². The molecule has 150 valence electrons. The molecule has 0 fully saturated rings. The van der Waals surface area contributed by atoms with E-state index in [-0.39, 0.29) is 26.9 Å². The smallest absolute Gasteiger partial charge is 0.274 e. The van der Waals surface area contributed by atoms with Crippen LogP contribution in [0, 0.1) is 17.0 Å². The highest BCUT2D eigenvalue weighted by atomic mass is 35.5. The molecule has 1 N–H and O–H groups in total. The van der Waals surface area contributed by atoms with Gasteiger partial charge in [0.05, 0.1) is 39.7 Å². The average Bonchev–Trinajstić information content (AvgIpc) is 2.62. The summed E-state index contributed by atoms with van der Waals surface area (Å²) in [4.78, 5) is 22.6. The topological polar surface area (TPSA) is 119 Å². The number of ether oxygens (including phenoxy) is 1. The van der Waals surface area contributed by atoms with Crippen LogP contribution in [0.3, 0.4) is 0 Å². The number of nitrogens with zero attached hydrogens (tertiary/aromatic N) is 2. The first-order valence-corrected chi connectivity index (χ1v) is 9.73. The van der Waals surface area contributed by atoms with Crippen molar-refractivity contribution in [3.05, 3.63) is 57.1 Å². The summed E-state index contributed by atoms with van der Waals surface area (Å²) < 4.78 is 31.1. The predicted molar refractivity (Wildman–Crippen MR) is 104 cm³/mol. The number of rotatable bonds is 7. The number of hydrogen-bond acceptors (Lipinski definition) is 6. The van der Waals surface area contributed by atoms with E-state index in [1.807, 2.05) is 0 Å². The molecular formula is C17H18ClN3O6S. The van der Waals surface area contributed by atoms with Crippen LogP contribution >= 0.6 is 11.6 Å². The second kappa shape index (κ2) is 8.55. The van der Waals surface area contributed by atoms with Gasteiger partial charge in [-0.1, -0.05) is 17.7 Å². The predicted octanol–water partition coefficient (Wildman–Crippen LogP) is 2.82. The van der Waals surface area contributed by atoms with Gasteiger partial charge < -0.3 is 10.1 Å². The molecule has 0 aliphatic rings. The third-order valence-corrected chi connectivity index (χ3v) is 6.07. The monoisotopic (exact) mass is 427 g/mol. The number of nitro groups is 1. The zero-order valence-corrected chi connectivity index (χ0v) is 16.9. The lowest BCUT2D eigenvalue weighted by atomic mass is 10.1. The fourth-order valence-corrected chi connectivity index (χ4v) is 3.90. The van der Waals surface area contributed by atoms with Crippen molar-refractivity contribution in [2.75, 3.05) is 26.0 Å². The van der Waals surface area contributed by atoms with Crippen molar-refractivity contribution in [3.63, 3.8) is 0 Å². The van der Waals surface area contributed by atoms with Gasteiger partial charge in [-0.25, -0.2) is 8.42 Å². The number of likely N-dealkylation sites (N-methyl/N-ethyl adjacent to an activating group) is 1. The van der Waals surface area contributed by atoms with Crippen LogP contribution in [0.5, 0.6) is 5.75 Å². The Morgan fingerprint density at radius 2 is 2.00 bits per heavy atom. The van der Waals surface area contributed by atoms with Crippen molar-refractivity contribution in [1.29, 1.82) is 0 Å². The summed E-state index contributed by atoms with van der Waals surface area (Å²) in [7, 11) is -1.33. The van der Waals surface area contributed by atoms with E-state index < -0.39 is 27.4 Å². The van der Waals surface area contributed by atoms with Crippen molar-refractivity contribution < 1.29 is 22.9 Å². The molecule has 0 saturated carbocycles. The van der Waals surface area contributed by atoms with Gasteiger partial charge in [0.15, 0.2) is 0 Å². The summed E-state index contributed by atoms with van der Waals surface area (Å²) in [5.41, 5.74) is 0.359. The molecule has 0 aromatic heterocycles. The van der Waals surface area contributed by atoms with Crippen LogP contribution in [0.1, 0.15) is 5.56 Å². The third-order valence-electron chi connectivity index (χ3n) is 3.97. The molecule has 9 nitrogen and oxygen atoms in total. The summed E-state index contributed by atoms with van der Waals surface area (Å²) in [5.74, 6) is -0.323. The summed E-state index contributed by atoms with van der Waals surface area (Å²) in [6.07, 6.45) is 0. The second-order valence-corrected chi connectivity index (χ2v) is 8.26. The molecule has 11 heteroatoms. The number of methoxy groups -OCH3 is 1. The minimum absolute atomic E-state index is 0.0971. The Kier molecular flexibility index (Phi) is 6.60. The molecular weight excluding hydrogens is 410 g/mol. The molecule has 0 saturated heterocycles. The molecule has 0 atom stereocenters. The van der Waals surface area contributed by atoms with Crippen molar-refractivity contribution in [2.45, 2.75) is 11.8 Å². The Hall–Kier alpha value is -2.69. The number of nitrogens with one attached hydrogen (secondary N) is 1. The Bertz CT molecular complexity index is 1030. The van der Waals surface area contributed by atoms with E-state index >= 15 is 0 Å². The molecule has 1 amide bonds. The largest absolute Gasteiger partial charge is 0.495 e. The number of nitro benzene ring substituents is 1. The van der Waals surface area contributed by atoms with Gasteiger partial charge in [-0.05, 0) is 31.2 Å². The Morgan fingerprint density at radius 3 is 2.57 bits per heavy atom. The molecule has 0 aliphatic heterocycles. The number of sulfonamides is 1. The highest BCUT2D eigenvalue weighted by Crippen LogP contribution is 2.28. The Balaban J connectivity index is 2.17. The molecule has 0 heterocycles. The normalized spacial score (nSPS) is 11.3. The van der Waals surface area contributed by atoms with E-state index in [0.29, 0.717) is 5.75 Å². The van der Waals surface area contributed by atoms with Crippen LogP contribution in [-0.2, 0) is 14.8 Å². The molecule has 2 aromatic carbocycles. The number of hydrogen-bond donors (Lipinski definition) is 1. The zero-order chi connectivity index (χ0) is 21.1. The van der Waals surface area contributed by atoms with E-state index in [1.165, 1.54) is 57.5 Å². The number of benzene rings is 2. The van der Waals surface area contributed by atoms with Crippen LogP contribution in [0.4, 0.5) is 11.4 Å². The molecule has 0 bridgehead atoms. The quantitative estimate of drug-likeness (QED) is 0.536. The number of amides is 1. The lowest BCUT2D eigenvalue weighted by Gasteiger charge is -2.18. The fourth-order valence-electron chi connectivity index (χ4n) is 2.42. The van der Waals surface area contributed by atoms with Crippen molar-refractivity contribution in [2.24, 2.45) is 0 Å². The van der Waals surface area contributed by atoms with Crippen LogP contribution in [0.2, 0.25) is 5.02 Å². The standard InChI is InChI=1S/C17H18ClN3O6S/c1-11-14(5-4-6-15(11)21(23)24)19-17(22)10-20(2)28(25,26)12-7-8-16(27-3)13(18)9-12/h4-9H,10H2,1-3H3,(H,19,22). The van der Waals surface area contributed by atoms with Gasteiger partial charge in [-0.3, -0.25) is 14.9 Å². The van der Waals surface area contributed by atoms with Crippen molar-refractivity contribution in [1.82, 2.24) is 4.31 Å². The maximum atomic E-state index is 12.6. The first-order valence-electron chi connectivity index (χ1n) is 7.91. The number of carbonyl (C=O) groups excluding carboxylic acids is 1. The number of carbonyl (C=O) groups is 1. The lowest BCUT2D eigenvalue weighted by molar-refractivity contribution is -0.385. The minimum atomic E-state index is -3.98. The third kappa shape index (κ3) is 4.58. The first kappa shape index (κ1) is 21.6. The van der Waals surface area contributed by atoms with E-state index in [1.54, 1.807) is 0 Å². The SMILES string of the molecule is COc1ccc(S(=O)(=O)N(C)CC(=O)Nc2cccc([N+](=O)[O-])c2C)cc1Cl. The molecule has 2 rings (SSSR count). The first-order chi connectivity index (χ1) is 13.1. The van der Waals surface area contributed by atoms with Crippen molar-refractivity contribution >= 4 is 38.9 Å². The molecule has 0 spiro atoms. The number of anilines is 1. The Labute approximate surface area is 167 Å². The summed E-state index contributed by atoms with van der Waals surface area (Å²) in [5, 5.41) is 13.6. The van der Waals surface area contributed by atoms with Crippen LogP contribution in [0.15, 0.2) is 41.3 Å². The average molecular weight is 428 g/mol. The molecule has 0 aliphatic carbocycles. The lowest BCUT2D eigenvalue weighted by Crippen LogP contribution is -2.35. The van der Waals surface area contributed by atoms with Crippen LogP contribution < -0.4 is 10.1 Å². The second-order valence-electron chi connectivity index (χ2n) is 5.81. The van der Waals surface area contributed by atoms with E-state index in [0.717, 1.165) is 4.31 Å². The Morgan fingerprint density at radius 1 is 1.32 bits per heavy atom.